The third-order valence-electron chi connectivity index (χ3n) is 3.56. The van der Waals surface area contributed by atoms with Crippen LogP contribution < -0.4 is 18.9 Å². The zero-order chi connectivity index (χ0) is 19.6. The van der Waals surface area contributed by atoms with Gasteiger partial charge in [0.15, 0.2) is 30.5 Å². The molecule has 27 heavy (non-hydrogen) atoms. The number of rotatable bonds is 10. The fourth-order valence-electron chi connectivity index (χ4n) is 2.22. The van der Waals surface area contributed by atoms with E-state index in [4.69, 9.17) is 23.7 Å². The smallest absolute Gasteiger partial charge is 0.344 e. The largest absolute Gasteiger partial charge is 0.494 e. The number of benzene rings is 2. The van der Waals surface area contributed by atoms with Gasteiger partial charge in [-0.05, 0) is 49.4 Å². The summed E-state index contributed by atoms with van der Waals surface area (Å²) >= 11 is 0. The number of esters is 1. The molecule has 0 aliphatic rings. The second kappa shape index (κ2) is 10.1. The highest BCUT2D eigenvalue weighted by Crippen LogP contribution is 2.27. The Morgan fingerprint density at radius 2 is 1.44 bits per heavy atom. The van der Waals surface area contributed by atoms with Crippen molar-refractivity contribution in [3.05, 3.63) is 48.0 Å². The first-order valence-corrected chi connectivity index (χ1v) is 8.34. The average Bonchev–Trinajstić information content (AvgIpc) is 2.71. The van der Waals surface area contributed by atoms with Crippen molar-refractivity contribution in [2.24, 2.45) is 0 Å². The predicted molar refractivity (Wildman–Crippen MR) is 97.9 cm³/mol. The minimum Gasteiger partial charge on any atom is -0.494 e. The first-order valence-electron chi connectivity index (χ1n) is 8.34. The van der Waals surface area contributed by atoms with Gasteiger partial charge in [0, 0.05) is 5.56 Å². The van der Waals surface area contributed by atoms with Crippen LogP contribution in [0.5, 0.6) is 23.0 Å². The number of ether oxygens (including phenoxy) is 5. The molecule has 0 aromatic heterocycles. The molecule has 0 unspecified atom stereocenters. The number of carbonyl (C=O) groups is 2. The van der Waals surface area contributed by atoms with Crippen LogP contribution in [-0.2, 0) is 9.53 Å². The SMILES string of the molecule is CCOc1ccc(OCC(=O)OCC(=O)c2ccc(OC)c(OC)c2)cc1. The van der Waals surface area contributed by atoms with Crippen LogP contribution in [0.2, 0.25) is 0 Å². The van der Waals surface area contributed by atoms with Gasteiger partial charge in [-0.3, -0.25) is 4.79 Å². The van der Waals surface area contributed by atoms with Crippen molar-refractivity contribution in [3.63, 3.8) is 0 Å². The van der Waals surface area contributed by atoms with Crippen molar-refractivity contribution in [1.82, 2.24) is 0 Å². The van der Waals surface area contributed by atoms with Crippen molar-refractivity contribution in [1.29, 1.82) is 0 Å². The quantitative estimate of drug-likeness (QED) is 0.467. The van der Waals surface area contributed by atoms with Gasteiger partial charge in [0.2, 0.25) is 0 Å². The Morgan fingerprint density at radius 3 is 2.04 bits per heavy atom. The molecule has 0 radical (unpaired) electrons. The standard InChI is InChI=1S/C20H22O7/c1-4-25-15-6-8-16(9-7-15)26-13-20(22)27-12-17(21)14-5-10-18(23-2)19(11-14)24-3/h5-11H,4,12-13H2,1-3H3. The van der Waals surface area contributed by atoms with E-state index in [1.54, 1.807) is 36.4 Å². The highest BCUT2D eigenvalue weighted by atomic mass is 16.6. The summed E-state index contributed by atoms with van der Waals surface area (Å²) in [5.41, 5.74) is 0.355. The summed E-state index contributed by atoms with van der Waals surface area (Å²) in [5, 5.41) is 0. The summed E-state index contributed by atoms with van der Waals surface area (Å²) in [6.45, 7) is 1.78. The molecule has 0 aliphatic heterocycles. The maximum Gasteiger partial charge on any atom is 0.344 e. The molecule has 0 amide bonds. The lowest BCUT2D eigenvalue weighted by atomic mass is 10.1. The fourth-order valence-corrected chi connectivity index (χ4v) is 2.22. The molecule has 2 rings (SSSR count). The number of hydrogen-bond acceptors (Lipinski definition) is 7. The topological polar surface area (TPSA) is 80.3 Å². The van der Waals surface area contributed by atoms with Crippen molar-refractivity contribution < 1.29 is 33.3 Å². The lowest BCUT2D eigenvalue weighted by Crippen LogP contribution is -2.19. The fraction of sp³-hybridized carbons (Fsp3) is 0.300. The highest BCUT2D eigenvalue weighted by molar-refractivity contribution is 5.98. The van der Waals surface area contributed by atoms with Crippen LogP contribution in [0, 0.1) is 0 Å². The van der Waals surface area contributed by atoms with Crippen molar-refractivity contribution >= 4 is 11.8 Å². The van der Waals surface area contributed by atoms with Crippen molar-refractivity contribution in [2.45, 2.75) is 6.92 Å². The van der Waals surface area contributed by atoms with Gasteiger partial charge in [-0.1, -0.05) is 0 Å². The lowest BCUT2D eigenvalue weighted by molar-refractivity contribution is -0.144. The van der Waals surface area contributed by atoms with Gasteiger partial charge in [-0.15, -0.1) is 0 Å². The summed E-state index contributed by atoms with van der Waals surface area (Å²) in [5.74, 6) is 1.15. The summed E-state index contributed by atoms with van der Waals surface area (Å²) < 4.78 is 25.9. The Bertz CT molecular complexity index is 768. The monoisotopic (exact) mass is 374 g/mol. The Balaban J connectivity index is 1.81. The number of hydrogen-bond donors (Lipinski definition) is 0. The van der Waals surface area contributed by atoms with Crippen LogP contribution in [0.15, 0.2) is 42.5 Å². The Labute approximate surface area is 157 Å². The first kappa shape index (κ1) is 20.1. The Morgan fingerprint density at radius 1 is 0.815 bits per heavy atom. The molecule has 0 fully saturated rings. The summed E-state index contributed by atoms with van der Waals surface area (Å²) in [7, 11) is 2.98. The number of Topliss-reactive ketones (excluding diaryl/α,β-unsaturated/α-hetero) is 1. The minimum atomic E-state index is -0.641. The van der Waals surface area contributed by atoms with Gasteiger partial charge in [0.1, 0.15) is 11.5 Å². The Kier molecular flexibility index (Phi) is 7.49. The van der Waals surface area contributed by atoms with Gasteiger partial charge in [-0.25, -0.2) is 4.79 Å². The molecular weight excluding hydrogens is 352 g/mol. The van der Waals surface area contributed by atoms with Gasteiger partial charge in [0.25, 0.3) is 0 Å². The summed E-state index contributed by atoms with van der Waals surface area (Å²) in [6.07, 6.45) is 0. The van der Waals surface area contributed by atoms with Crippen LogP contribution in [-0.4, -0.2) is 45.8 Å². The molecule has 0 saturated carbocycles. The van der Waals surface area contributed by atoms with Gasteiger partial charge in [0.05, 0.1) is 20.8 Å². The van der Waals surface area contributed by atoms with E-state index in [0.29, 0.717) is 35.2 Å². The zero-order valence-corrected chi connectivity index (χ0v) is 15.5. The van der Waals surface area contributed by atoms with Crippen molar-refractivity contribution in [3.8, 4) is 23.0 Å². The molecule has 0 saturated heterocycles. The summed E-state index contributed by atoms with van der Waals surface area (Å²) in [4.78, 5) is 23.9. The average molecular weight is 374 g/mol. The molecule has 0 bridgehead atoms. The normalized spacial score (nSPS) is 10.0. The third kappa shape index (κ3) is 5.91. The molecule has 7 heteroatoms. The van der Waals surface area contributed by atoms with E-state index in [2.05, 4.69) is 0 Å². The minimum absolute atomic E-state index is 0.298. The van der Waals surface area contributed by atoms with Crippen LogP contribution in [0.25, 0.3) is 0 Å². The van der Waals surface area contributed by atoms with Crippen LogP contribution >= 0.6 is 0 Å². The van der Waals surface area contributed by atoms with Gasteiger partial charge < -0.3 is 23.7 Å². The lowest BCUT2D eigenvalue weighted by Gasteiger charge is -2.10. The van der Waals surface area contributed by atoms with E-state index in [1.807, 2.05) is 6.92 Å². The van der Waals surface area contributed by atoms with E-state index >= 15 is 0 Å². The first-order chi connectivity index (χ1) is 13.1. The molecule has 0 aliphatic carbocycles. The van der Waals surface area contributed by atoms with E-state index < -0.39 is 5.97 Å². The molecule has 7 nitrogen and oxygen atoms in total. The number of ketones is 1. The molecule has 144 valence electrons. The molecular formula is C20H22O7. The van der Waals surface area contributed by atoms with Crippen molar-refractivity contribution in [2.75, 3.05) is 34.0 Å². The summed E-state index contributed by atoms with van der Waals surface area (Å²) in [6, 6.07) is 11.6. The maximum atomic E-state index is 12.2. The van der Waals surface area contributed by atoms with Crippen LogP contribution in [0.3, 0.4) is 0 Å². The van der Waals surface area contributed by atoms with Gasteiger partial charge in [-0.2, -0.15) is 0 Å². The predicted octanol–water partition coefficient (Wildman–Crippen LogP) is 2.91. The number of methoxy groups -OCH3 is 2. The second-order valence-corrected chi connectivity index (χ2v) is 5.35. The molecule has 0 heterocycles. The van der Waals surface area contributed by atoms with Crippen LogP contribution in [0.1, 0.15) is 17.3 Å². The number of carbonyl (C=O) groups excluding carboxylic acids is 2. The molecule has 2 aromatic rings. The van der Waals surface area contributed by atoms with E-state index in [9.17, 15) is 9.59 Å². The Hall–Kier alpha value is -3.22. The van der Waals surface area contributed by atoms with E-state index in [1.165, 1.54) is 20.3 Å². The molecule has 2 aromatic carbocycles. The van der Waals surface area contributed by atoms with Gasteiger partial charge >= 0.3 is 5.97 Å². The van der Waals surface area contributed by atoms with E-state index in [0.717, 1.165) is 0 Å². The van der Waals surface area contributed by atoms with Crippen LogP contribution in [0.4, 0.5) is 0 Å². The third-order valence-corrected chi connectivity index (χ3v) is 3.56. The van der Waals surface area contributed by atoms with E-state index in [-0.39, 0.29) is 19.0 Å². The maximum absolute atomic E-state index is 12.2. The highest BCUT2D eigenvalue weighted by Gasteiger charge is 2.13. The second-order valence-electron chi connectivity index (χ2n) is 5.35. The molecule has 0 spiro atoms. The molecule has 0 atom stereocenters. The zero-order valence-electron chi connectivity index (χ0n) is 15.5. The molecule has 0 N–H and O–H groups in total.